The van der Waals surface area contributed by atoms with Crippen molar-refractivity contribution in [1.82, 2.24) is 14.5 Å². The average molecular weight is 375 g/mol. The van der Waals surface area contributed by atoms with Crippen LogP contribution < -0.4 is 5.56 Å². The topological polar surface area (TPSA) is 95.7 Å². The highest BCUT2D eigenvalue weighted by molar-refractivity contribution is 5.66. The maximum atomic E-state index is 13.9. The highest BCUT2D eigenvalue weighted by atomic mass is 19.1. The van der Waals surface area contributed by atoms with Crippen molar-refractivity contribution in [3.63, 3.8) is 0 Å². The molecule has 1 aromatic carbocycles. The van der Waals surface area contributed by atoms with Gasteiger partial charge in [0, 0.05) is 30.1 Å². The lowest BCUT2D eigenvalue weighted by atomic mass is 9.79. The Balaban J connectivity index is 1.83. The molecule has 0 spiro atoms. The van der Waals surface area contributed by atoms with Gasteiger partial charge >= 0.3 is 6.09 Å². The van der Waals surface area contributed by atoms with Gasteiger partial charge in [0.2, 0.25) is 0 Å². The maximum absolute atomic E-state index is 13.9. The lowest BCUT2D eigenvalue weighted by Gasteiger charge is -2.48. The zero-order chi connectivity index (χ0) is 19.8. The minimum atomic E-state index is -1.24. The van der Waals surface area contributed by atoms with Gasteiger partial charge < -0.3 is 15.1 Å². The van der Waals surface area contributed by atoms with Gasteiger partial charge in [0.05, 0.1) is 24.2 Å². The number of halogens is 1. The van der Waals surface area contributed by atoms with Crippen LogP contribution in [0.1, 0.15) is 26.7 Å². The van der Waals surface area contributed by atoms with Crippen LogP contribution in [0.4, 0.5) is 9.18 Å². The van der Waals surface area contributed by atoms with E-state index < -0.39 is 28.6 Å². The van der Waals surface area contributed by atoms with Crippen molar-refractivity contribution in [2.75, 3.05) is 6.54 Å². The molecule has 1 aliphatic heterocycles. The van der Waals surface area contributed by atoms with Crippen molar-refractivity contribution in [2.45, 2.75) is 44.4 Å². The number of hydrogen-bond donors (Lipinski definition) is 2. The number of aromatic nitrogens is 2. The molecule has 1 aromatic heterocycles. The molecule has 2 N–H and O–H groups in total. The molecule has 27 heavy (non-hydrogen) atoms. The second kappa shape index (κ2) is 6.77. The third-order valence-electron chi connectivity index (χ3n) is 5.02. The van der Waals surface area contributed by atoms with E-state index in [2.05, 4.69) is 4.98 Å². The summed E-state index contributed by atoms with van der Waals surface area (Å²) in [5.74, 6) is -0.469. The second-order valence-corrected chi connectivity index (χ2v) is 7.62. The Kier molecular flexibility index (Phi) is 4.77. The van der Waals surface area contributed by atoms with Crippen LogP contribution in [0, 0.1) is 5.82 Å². The van der Waals surface area contributed by atoms with Gasteiger partial charge in [-0.15, -0.1) is 0 Å². The summed E-state index contributed by atoms with van der Waals surface area (Å²) < 4.78 is 15.2. The summed E-state index contributed by atoms with van der Waals surface area (Å²) in [6.07, 6.45) is 0.659. The second-order valence-electron chi connectivity index (χ2n) is 7.62. The first kappa shape index (κ1) is 19.0. The van der Waals surface area contributed by atoms with E-state index in [9.17, 15) is 24.2 Å². The SMILES string of the molecule is CC1(C)CC(O)(Cn2cnc(-c3ccccc3F)cc2=O)CCN1C(=O)O. The molecular formula is C19H22FN3O4. The predicted molar refractivity (Wildman–Crippen MR) is 96.9 cm³/mol. The van der Waals surface area contributed by atoms with Gasteiger partial charge in [0.1, 0.15) is 5.82 Å². The first-order chi connectivity index (χ1) is 12.6. The number of hydrogen-bond acceptors (Lipinski definition) is 4. The Morgan fingerprint density at radius 1 is 1.33 bits per heavy atom. The van der Waals surface area contributed by atoms with Crippen molar-refractivity contribution < 1.29 is 19.4 Å². The number of piperidine rings is 1. The molecule has 1 fully saturated rings. The van der Waals surface area contributed by atoms with E-state index in [4.69, 9.17) is 0 Å². The Bertz CT molecular complexity index is 927. The van der Waals surface area contributed by atoms with Crippen LogP contribution in [-0.2, 0) is 6.54 Å². The fourth-order valence-corrected chi connectivity index (χ4v) is 3.78. The van der Waals surface area contributed by atoms with Crippen LogP contribution in [-0.4, -0.2) is 48.4 Å². The minimum Gasteiger partial charge on any atom is -0.465 e. The molecule has 0 aliphatic carbocycles. The first-order valence-electron chi connectivity index (χ1n) is 8.66. The van der Waals surface area contributed by atoms with Gasteiger partial charge in [-0.05, 0) is 32.4 Å². The Labute approximate surface area is 155 Å². The quantitative estimate of drug-likeness (QED) is 0.858. The third-order valence-corrected chi connectivity index (χ3v) is 5.02. The monoisotopic (exact) mass is 375 g/mol. The summed E-state index contributed by atoms with van der Waals surface area (Å²) in [4.78, 5) is 29.3. The van der Waals surface area contributed by atoms with E-state index in [0.717, 1.165) is 0 Å². The van der Waals surface area contributed by atoms with E-state index in [1.807, 2.05) is 0 Å². The Morgan fingerprint density at radius 2 is 2.04 bits per heavy atom. The summed E-state index contributed by atoms with van der Waals surface area (Å²) >= 11 is 0. The summed E-state index contributed by atoms with van der Waals surface area (Å²) in [6.45, 7) is 3.66. The number of rotatable bonds is 3. The lowest BCUT2D eigenvalue weighted by Crippen LogP contribution is -2.59. The van der Waals surface area contributed by atoms with Gasteiger partial charge in [-0.25, -0.2) is 14.2 Å². The minimum absolute atomic E-state index is 0.00667. The van der Waals surface area contributed by atoms with Crippen molar-refractivity contribution in [1.29, 1.82) is 0 Å². The third kappa shape index (κ3) is 3.85. The van der Waals surface area contributed by atoms with Crippen LogP contribution in [0.5, 0.6) is 0 Å². The molecular weight excluding hydrogens is 353 g/mol. The van der Waals surface area contributed by atoms with Gasteiger partial charge in [0.25, 0.3) is 5.56 Å². The molecule has 0 saturated carbocycles. The van der Waals surface area contributed by atoms with Gasteiger partial charge in [0.15, 0.2) is 0 Å². The number of benzene rings is 1. The molecule has 1 aliphatic rings. The van der Waals surface area contributed by atoms with Gasteiger partial charge in [-0.2, -0.15) is 0 Å². The Hall–Kier alpha value is -2.74. The zero-order valence-electron chi connectivity index (χ0n) is 15.2. The zero-order valence-corrected chi connectivity index (χ0v) is 15.2. The molecule has 0 bridgehead atoms. The molecule has 8 heteroatoms. The number of likely N-dealkylation sites (tertiary alicyclic amines) is 1. The molecule has 0 radical (unpaired) electrons. The van der Waals surface area contributed by atoms with E-state index in [-0.39, 0.29) is 37.2 Å². The molecule has 1 saturated heterocycles. The van der Waals surface area contributed by atoms with E-state index in [0.29, 0.717) is 0 Å². The van der Waals surface area contributed by atoms with Crippen molar-refractivity contribution >= 4 is 6.09 Å². The largest absolute Gasteiger partial charge is 0.465 e. The van der Waals surface area contributed by atoms with Gasteiger partial charge in [-0.3, -0.25) is 9.36 Å². The predicted octanol–water partition coefficient (Wildman–Crippen LogP) is 2.33. The fraction of sp³-hybridized carbons (Fsp3) is 0.421. The highest BCUT2D eigenvalue weighted by Gasteiger charge is 2.45. The number of aliphatic hydroxyl groups is 1. The van der Waals surface area contributed by atoms with E-state index in [1.54, 1.807) is 32.0 Å². The van der Waals surface area contributed by atoms with E-state index >= 15 is 0 Å². The van der Waals surface area contributed by atoms with Crippen LogP contribution in [0.25, 0.3) is 11.3 Å². The summed E-state index contributed by atoms with van der Waals surface area (Å²) in [7, 11) is 0. The van der Waals surface area contributed by atoms with Crippen molar-refractivity contribution in [3.8, 4) is 11.3 Å². The molecule has 1 unspecified atom stereocenters. The molecule has 2 heterocycles. The number of carboxylic acid groups (broad SMARTS) is 1. The molecule has 1 atom stereocenters. The fourth-order valence-electron chi connectivity index (χ4n) is 3.78. The van der Waals surface area contributed by atoms with E-state index in [1.165, 1.54) is 27.9 Å². The van der Waals surface area contributed by atoms with Crippen LogP contribution >= 0.6 is 0 Å². The molecule has 2 aromatic rings. The Morgan fingerprint density at radius 3 is 2.63 bits per heavy atom. The molecule has 3 rings (SSSR count). The van der Waals surface area contributed by atoms with Crippen LogP contribution in [0.15, 0.2) is 41.5 Å². The summed E-state index contributed by atoms with van der Waals surface area (Å²) in [5, 5.41) is 20.2. The highest BCUT2D eigenvalue weighted by Crippen LogP contribution is 2.35. The van der Waals surface area contributed by atoms with Crippen molar-refractivity contribution in [3.05, 3.63) is 52.8 Å². The first-order valence-corrected chi connectivity index (χ1v) is 8.66. The van der Waals surface area contributed by atoms with Gasteiger partial charge in [-0.1, -0.05) is 12.1 Å². The average Bonchev–Trinajstić information content (AvgIpc) is 2.55. The smallest absolute Gasteiger partial charge is 0.407 e. The molecule has 7 nitrogen and oxygen atoms in total. The van der Waals surface area contributed by atoms with Crippen LogP contribution in [0.2, 0.25) is 0 Å². The molecule has 144 valence electrons. The summed E-state index contributed by atoms with van der Waals surface area (Å²) in [6, 6.07) is 7.29. The number of carbonyl (C=O) groups is 1. The van der Waals surface area contributed by atoms with Crippen molar-refractivity contribution in [2.24, 2.45) is 0 Å². The van der Waals surface area contributed by atoms with Crippen LogP contribution in [0.3, 0.4) is 0 Å². The maximum Gasteiger partial charge on any atom is 0.407 e. The summed E-state index contributed by atoms with van der Waals surface area (Å²) in [5.41, 5.74) is -1.95. The molecule has 1 amide bonds. The lowest BCUT2D eigenvalue weighted by molar-refractivity contribution is -0.0762. The standard InChI is InChI=1S/C19H22FN3O4/c1-18(2)10-19(27,7-8-23(18)17(25)26)11-22-12-21-15(9-16(22)24)13-5-3-4-6-14(13)20/h3-6,9,12,27H,7-8,10-11H2,1-2H3,(H,25,26). The normalized spacial score (nSPS) is 21.9. The number of amides is 1. The number of nitrogens with zero attached hydrogens (tertiary/aromatic N) is 3.